The first kappa shape index (κ1) is 15.3. The minimum atomic E-state index is -1.25. The Balaban J connectivity index is 2.82. The Hall–Kier alpha value is -1.76. The van der Waals surface area contributed by atoms with E-state index in [1.165, 1.54) is 13.0 Å². The predicted octanol–water partition coefficient (Wildman–Crippen LogP) is 3.56. The Morgan fingerprint density at radius 2 is 2.05 bits per heavy atom. The SMILES string of the molecule is CC(=O)SCCC=Cc1cc(F)c(F)cc1[N+](=O)[O-]. The van der Waals surface area contributed by atoms with Crippen LogP contribution >= 0.6 is 11.8 Å². The number of carbonyl (C=O) groups excluding carboxylic acids is 1. The van der Waals surface area contributed by atoms with Gasteiger partial charge in [-0.1, -0.05) is 23.9 Å². The fourth-order valence-corrected chi connectivity index (χ4v) is 1.87. The molecule has 0 saturated carbocycles. The smallest absolute Gasteiger partial charge is 0.279 e. The van der Waals surface area contributed by atoms with Crippen LogP contribution in [0, 0.1) is 21.7 Å². The van der Waals surface area contributed by atoms with Crippen molar-refractivity contribution in [3.8, 4) is 0 Å². The topological polar surface area (TPSA) is 60.2 Å². The average Bonchev–Trinajstić information content (AvgIpc) is 2.32. The Bertz CT molecular complexity index is 532. The van der Waals surface area contributed by atoms with Gasteiger partial charge >= 0.3 is 0 Å². The number of nitrogens with zero attached hydrogens (tertiary/aromatic N) is 1. The molecule has 7 heteroatoms. The molecular weight excluding hydrogens is 276 g/mol. The lowest BCUT2D eigenvalue weighted by molar-refractivity contribution is -0.385. The lowest BCUT2D eigenvalue weighted by Gasteiger charge is -1.99. The van der Waals surface area contributed by atoms with Gasteiger partial charge in [-0.2, -0.15) is 0 Å². The summed E-state index contributed by atoms with van der Waals surface area (Å²) in [5, 5.41) is 10.7. The molecule has 0 fully saturated rings. The van der Waals surface area contributed by atoms with E-state index in [-0.39, 0.29) is 10.7 Å². The molecule has 0 heterocycles. The number of hydrogen-bond acceptors (Lipinski definition) is 4. The van der Waals surface area contributed by atoms with Crippen LogP contribution in [-0.4, -0.2) is 15.8 Å². The number of carbonyl (C=O) groups is 1. The molecule has 0 radical (unpaired) electrons. The number of rotatable bonds is 5. The zero-order chi connectivity index (χ0) is 14.4. The highest BCUT2D eigenvalue weighted by Crippen LogP contribution is 2.23. The van der Waals surface area contributed by atoms with Gasteiger partial charge in [0.05, 0.1) is 16.6 Å². The third kappa shape index (κ3) is 4.78. The average molecular weight is 287 g/mol. The second kappa shape index (κ2) is 6.98. The summed E-state index contributed by atoms with van der Waals surface area (Å²) >= 11 is 1.12. The van der Waals surface area contributed by atoms with Crippen molar-refractivity contribution in [2.45, 2.75) is 13.3 Å². The van der Waals surface area contributed by atoms with E-state index < -0.39 is 22.2 Å². The van der Waals surface area contributed by atoms with Crippen LogP contribution in [0.4, 0.5) is 14.5 Å². The van der Waals surface area contributed by atoms with E-state index in [4.69, 9.17) is 0 Å². The van der Waals surface area contributed by atoms with E-state index in [1.54, 1.807) is 6.08 Å². The normalized spacial score (nSPS) is 10.9. The van der Waals surface area contributed by atoms with Crippen molar-refractivity contribution in [2.75, 3.05) is 5.75 Å². The molecule has 1 aromatic carbocycles. The third-order valence-corrected chi connectivity index (χ3v) is 3.00. The lowest BCUT2D eigenvalue weighted by Crippen LogP contribution is -1.95. The fourth-order valence-electron chi connectivity index (χ4n) is 1.32. The van der Waals surface area contributed by atoms with Crippen LogP contribution in [0.15, 0.2) is 18.2 Å². The van der Waals surface area contributed by atoms with E-state index in [2.05, 4.69) is 0 Å². The predicted molar refractivity (Wildman–Crippen MR) is 69.8 cm³/mol. The molecule has 102 valence electrons. The summed E-state index contributed by atoms with van der Waals surface area (Å²) in [5.41, 5.74) is -0.494. The molecule has 0 aromatic heterocycles. The highest BCUT2D eigenvalue weighted by atomic mass is 32.2. The summed E-state index contributed by atoms with van der Waals surface area (Å²) in [7, 11) is 0. The van der Waals surface area contributed by atoms with Gasteiger partial charge in [0, 0.05) is 12.7 Å². The maximum atomic E-state index is 13.0. The number of nitro benzene ring substituents is 1. The number of allylic oxidation sites excluding steroid dienone is 1. The van der Waals surface area contributed by atoms with Crippen molar-refractivity contribution in [3.05, 3.63) is 45.5 Å². The number of nitro groups is 1. The monoisotopic (exact) mass is 287 g/mol. The van der Waals surface area contributed by atoms with Crippen molar-refractivity contribution >= 4 is 28.6 Å². The number of hydrogen-bond donors (Lipinski definition) is 0. The molecule has 1 aromatic rings. The van der Waals surface area contributed by atoms with Crippen LogP contribution in [0.2, 0.25) is 0 Å². The van der Waals surface area contributed by atoms with E-state index in [1.807, 2.05) is 0 Å². The lowest BCUT2D eigenvalue weighted by atomic mass is 10.1. The van der Waals surface area contributed by atoms with Crippen LogP contribution in [-0.2, 0) is 4.79 Å². The Labute approximate surface area is 112 Å². The number of thioether (sulfide) groups is 1. The van der Waals surface area contributed by atoms with Crippen LogP contribution in [0.5, 0.6) is 0 Å². The van der Waals surface area contributed by atoms with Gasteiger partial charge in [-0.3, -0.25) is 14.9 Å². The molecule has 0 unspecified atom stereocenters. The fraction of sp³-hybridized carbons (Fsp3) is 0.250. The summed E-state index contributed by atoms with van der Waals surface area (Å²) < 4.78 is 25.9. The van der Waals surface area contributed by atoms with Crippen LogP contribution in [0.1, 0.15) is 18.9 Å². The van der Waals surface area contributed by atoms with Crippen molar-refractivity contribution in [3.63, 3.8) is 0 Å². The first-order valence-electron chi connectivity index (χ1n) is 5.35. The van der Waals surface area contributed by atoms with Gasteiger partial charge in [-0.25, -0.2) is 8.78 Å². The maximum Gasteiger partial charge on any atom is 0.279 e. The zero-order valence-electron chi connectivity index (χ0n) is 10.1. The van der Waals surface area contributed by atoms with E-state index >= 15 is 0 Å². The Morgan fingerprint density at radius 3 is 2.63 bits per heavy atom. The number of halogens is 2. The van der Waals surface area contributed by atoms with Crippen molar-refractivity contribution in [1.82, 2.24) is 0 Å². The molecule has 19 heavy (non-hydrogen) atoms. The summed E-state index contributed by atoms with van der Waals surface area (Å²) in [5.74, 6) is -1.86. The van der Waals surface area contributed by atoms with Gasteiger partial charge in [-0.05, 0) is 12.5 Å². The van der Waals surface area contributed by atoms with Gasteiger partial charge in [0.15, 0.2) is 16.7 Å². The molecule has 0 N–H and O–H groups in total. The molecule has 1 rings (SSSR count). The molecule has 0 aliphatic rings. The first-order chi connectivity index (χ1) is 8.91. The van der Waals surface area contributed by atoms with Crippen LogP contribution in [0.3, 0.4) is 0 Å². The quantitative estimate of drug-likeness (QED) is 0.472. The van der Waals surface area contributed by atoms with Crippen LogP contribution < -0.4 is 0 Å². The van der Waals surface area contributed by atoms with Crippen molar-refractivity contribution in [2.24, 2.45) is 0 Å². The first-order valence-corrected chi connectivity index (χ1v) is 6.33. The zero-order valence-corrected chi connectivity index (χ0v) is 10.9. The van der Waals surface area contributed by atoms with Crippen LogP contribution in [0.25, 0.3) is 6.08 Å². The second-order valence-corrected chi connectivity index (χ2v) is 4.89. The van der Waals surface area contributed by atoms with E-state index in [9.17, 15) is 23.7 Å². The molecule has 0 aliphatic carbocycles. The molecule has 0 saturated heterocycles. The van der Waals surface area contributed by atoms with Crippen molar-refractivity contribution in [1.29, 1.82) is 0 Å². The molecular formula is C12H11F2NO3S. The van der Waals surface area contributed by atoms with Gasteiger partial charge in [-0.15, -0.1) is 0 Å². The molecule has 0 bridgehead atoms. The second-order valence-electron chi connectivity index (χ2n) is 3.61. The summed E-state index contributed by atoms with van der Waals surface area (Å²) in [6, 6.07) is 1.33. The minimum absolute atomic E-state index is 0.00303. The maximum absolute atomic E-state index is 13.0. The highest BCUT2D eigenvalue weighted by Gasteiger charge is 2.16. The summed E-state index contributed by atoms with van der Waals surface area (Å²) in [6.07, 6.45) is 3.43. The van der Waals surface area contributed by atoms with E-state index in [0.717, 1.165) is 17.8 Å². The molecule has 4 nitrogen and oxygen atoms in total. The summed E-state index contributed by atoms with van der Waals surface area (Å²) in [4.78, 5) is 20.6. The molecule has 0 aliphatic heterocycles. The van der Waals surface area contributed by atoms with E-state index in [0.29, 0.717) is 18.2 Å². The highest BCUT2D eigenvalue weighted by molar-refractivity contribution is 8.13. The Morgan fingerprint density at radius 1 is 1.42 bits per heavy atom. The van der Waals surface area contributed by atoms with Gasteiger partial charge < -0.3 is 0 Å². The third-order valence-electron chi connectivity index (χ3n) is 2.15. The van der Waals surface area contributed by atoms with Gasteiger partial charge in [0.2, 0.25) is 0 Å². The minimum Gasteiger partial charge on any atom is -0.288 e. The molecule has 0 spiro atoms. The van der Waals surface area contributed by atoms with Crippen molar-refractivity contribution < 1.29 is 18.5 Å². The van der Waals surface area contributed by atoms with Gasteiger partial charge in [0.25, 0.3) is 5.69 Å². The number of benzene rings is 1. The summed E-state index contributed by atoms with van der Waals surface area (Å²) in [6.45, 7) is 1.44. The Kier molecular flexibility index (Phi) is 5.62. The van der Waals surface area contributed by atoms with Gasteiger partial charge in [0.1, 0.15) is 0 Å². The standard InChI is InChI=1S/C12H11F2NO3S/c1-8(16)19-5-3-2-4-9-6-10(13)11(14)7-12(9)15(17)18/h2,4,6-7H,3,5H2,1H3. The molecule has 0 amide bonds. The largest absolute Gasteiger partial charge is 0.288 e. The molecule has 0 atom stereocenters.